The maximum Gasteiger partial charge on any atom is 0.338 e. The fourth-order valence-electron chi connectivity index (χ4n) is 2.56. The number of nitrogens with zero attached hydrogens (tertiary/aromatic N) is 1. The minimum atomic E-state index is -1.51. The quantitative estimate of drug-likeness (QED) is 0.736. The van der Waals surface area contributed by atoms with E-state index in [0.29, 0.717) is 6.54 Å². The molecule has 1 aliphatic rings. The molecule has 1 fully saturated rings. The molecule has 1 heterocycles. The van der Waals surface area contributed by atoms with Crippen molar-refractivity contribution in [1.29, 1.82) is 0 Å². The minimum Gasteiger partial charge on any atom is -0.478 e. The molecule has 0 radical (unpaired) electrons. The number of carboxylic acids is 1. The second-order valence-electron chi connectivity index (χ2n) is 5.03. The molecule has 3 N–H and O–H groups in total. The highest BCUT2D eigenvalue weighted by Gasteiger charge is 2.24. The first-order chi connectivity index (χ1) is 10.0. The molecule has 1 saturated heterocycles. The third kappa shape index (κ3) is 3.48. The topological polar surface area (TPSA) is 72.8 Å². The first-order valence-corrected chi connectivity index (χ1v) is 6.85. The highest BCUT2D eigenvalue weighted by atomic mass is 19.2. The van der Waals surface area contributed by atoms with E-state index in [1.54, 1.807) is 0 Å². The molecule has 0 aliphatic carbocycles. The van der Waals surface area contributed by atoms with Gasteiger partial charge in [0.1, 0.15) is 0 Å². The van der Waals surface area contributed by atoms with Crippen LogP contribution in [0.2, 0.25) is 0 Å². The van der Waals surface area contributed by atoms with E-state index in [2.05, 4.69) is 5.32 Å². The number of aliphatic hydroxyl groups excluding tert-OH is 1. The Morgan fingerprint density at radius 2 is 2.14 bits per heavy atom. The van der Waals surface area contributed by atoms with Crippen LogP contribution in [0.4, 0.5) is 14.5 Å². The Labute approximate surface area is 121 Å². The molecule has 1 unspecified atom stereocenters. The number of nitrogens with one attached hydrogen (secondary N) is 1. The highest BCUT2D eigenvalue weighted by molar-refractivity contribution is 5.88. The second kappa shape index (κ2) is 6.82. The summed E-state index contributed by atoms with van der Waals surface area (Å²) in [5.74, 6) is -4.08. The van der Waals surface area contributed by atoms with Gasteiger partial charge in [-0.3, -0.25) is 0 Å². The zero-order valence-corrected chi connectivity index (χ0v) is 11.5. The number of aliphatic hydroxyl groups is 1. The van der Waals surface area contributed by atoms with Crippen LogP contribution in [0.5, 0.6) is 0 Å². The molecule has 2 rings (SSSR count). The normalized spacial score (nSPS) is 18.0. The summed E-state index contributed by atoms with van der Waals surface area (Å²) in [5.41, 5.74) is -0.723. The smallest absolute Gasteiger partial charge is 0.338 e. The fourth-order valence-corrected chi connectivity index (χ4v) is 2.56. The van der Waals surface area contributed by atoms with E-state index >= 15 is 0 Å². The summed E-state index contributed by atoms with van der Waals surface area (Å²) in [4.78, 5) is 12.3. The van der Waals surface area contributed by atoms with E-state index in [1.807, 2.05) is 0 Å². The van der Waals surface area contributed by atoms with Gasteiger partial charge in [-0.05, 0) is 31.5 Å². The number of rotatable bonds is 6. The van der Waals surface area contributed by atoms with Crippen LogP contribution >= 0.6 is 0 Å². The molecule has 1 aromatic rings. The van der Waals surface area contributed by atoms with Gasteiger partial charge in [0.15, 0.2) is 11.6 Å². The van der Waals surface area contributed by atoms with E-state index in [-0.39, 0.29) is 24.9 Å². The average Bonchev–Trinajstić information content (AvgIpc) is 2.94. The molecule has 0 bridgehead atoms. The van der Waals surface area contributed by atoms with Crippen LogP contribution in [-0.4, -0.2) is 48.5 Å². The van der Waals surface area contributed by atoms with Crippen LogP contribution in [0.1, 0.15) is 23.2 Å². The lowest BCUT2D eigenvalue weighted by Crippen LogP contribution is -2.39. The number of anilines is 1. The first-order valence-electron chi connectivity index (χ1n) is 6.85. The molecular formula is C14H18F2N2O3. The van der Waals surface area contributed by atoms with Gasteiger partial charge >= 0.3 is 5.97 Å². The first kappa shape index (κ1) is 15.7. The number of carboxylic acid groups (broad SMARTS) is 1. The second-order valence-corrected chi connectivity index (χ2v) is 5.03. The number of hydrogen-bond acceptors (Lipinski definition) is 4. The SMILES string of the molecule is O=C(O)c1ccc(N(CCO)CC2CCCN2)c(F)c1F. The molecule has 1 atom stereocenters. The maximum atomic E-state index is 14.1. The summed E-state index contributed by atoms with van der Waals surface area (Å²) in [7, 11) is 0. The van der Waals surface area contributed by atoms with Crippen molar-refractivity contribution < 1.29 is 23.8 Å². The van der Waals surface area contributed by atoms with Crippen LogP contribution in [-0.2, 0) is 0 Å². The monoisotopic (exact) mass is 300 g/mol. The van der Waals surface area contributed by atoms with Gasteiger partial charge < -0.3 is 20.4 Å². The minimum absolute atomic E-state index is 0.0275. The van der Waals surface area contributed by atoms with Crippen molar-refractivity contribution in [2.75, 3.05) is 31.1 Å². The van der Waals surface area contributed by atoms with Crippen molar-refractivity contribution in [3.05, 3.63) is 29.3 Å². The van der Waals surface area contributed by atoms with Crippen LogP contribution in [0, 0.1) is 11.6 Å². The van der Waals surface area contributed by atoms with Crippen molar-refractivity contribution in [3.63, 3.8) is 0 Å². The molecular weight excluding hydrogens is 282 g/mol. The predicted molar refractivity (Wildman–Crippen MR) is 73.6 cm³/mol. The van der Waals surface area contributed by atoms with Crippen LogP contribution in [0.25, 0.3) is 0 Å². The van der Waals surface area contributed by atoms with Gasteiger partial charge in [0.25, 0.3) is 0 Å². The summed E-state index contributed by atoms with van der Waals surface area (Å²) in [6, 6.07) is 2.44. The van der Waals surface area contributed by atoms with Crippen molar-refractivity contribution in [1.82, 2.24) is 5.32 Å². The van der Waals surface area contributed by atoms with Crippen LogP contribution in [0.15, 0.2) is 12.1 Å². The van der Waals surface area contributed by atoms with Crippen molar-refractivity contribution in [3.8, 4) is 0 Å². The van der Waals surface area contributed by atoms with E-state index in [1.165, 1.54) is 11.0 Å². The Bertz CT molecular complexity index is 519. The van der Waals surface area contributed by atoms with Crippen molar-refractivity contribution in [2.45, 2.75) is 18.9 Å². The Balaban J connectivity index is 2.26. The summed E-state index contributed by atoms with van der Waals surface area (Å²) in [5, 5.41) is 21.1. The van der Waals surface area contributed by atoms with Crippen LogP contribution in [0.3, 0.4) is 0 Å². The van der Waals surface area contributed by atoms with E-state index in [0.717, 1.165) is 25.5 Å². The molecule has 0 saturated carbocycles. The Morgan fingerprint density at radius 3 is 2.71 bits per heavy atom. The molecule has 1 aliphatic heterocycles. The zero-order valence-electron chi connectivity index (χ0n) is 11.5. The average molecular weight is 300 g/mol. The molecule has 0 aromatic heterocycles. The zero-order chi connectivity index (χ0) is 15.4. The Morgan fingerprint density at radius 1 is 1.38 bits per heavy atom. The van der Waals surface area contributed by atoms with Gasteiger partial charge in [-0.1, -0.05) is 0 Å². The van der Waals surface area contributed by atoms with Gasteiger partial charge in [0.2, 0.25) is 0 Å². The van der Waals surface area contributed by atoms with Crippen molar-refractivity contribution in [2.24, 2.45) is 0 Å². The van der Waals surface area contributed by atoms with E-state index in [4.69, 9.17) is 10.2 Å². The summed E-state index contributed by atoms with van der Waals surface area (Å²) < 4.78 is 27.9. The fraction of sp³-hybridized carbons (Fsp3) is 0.500. The number of halogens is 2. The molecule has 5 nitrogen and oxygen atoms in total. The lowest BCUT2D eigenvalue weighted by molar-refractivity contribution is 0.0690. The van der Waals surface area contributed by atoms with Crippen LogP contribution < -0.4 is 10.2 Å². The Kier molecular flexibility index (Phi) is 5.08. The predicted octanol–water partition coefficient (Wildman–Crippen LogP) is 1.21. The third-order valence-electron chi connectivity index (χ3n) is 3.61. The summed E-state index contributed by atoms with van der Waals surface area (Å²) in [6.07, 6.45) is 1.95. The molecule has 0 amide bonds. The molecule has 1 aromatic carbocycles. The summed E-state index contributed by atoms with van der Waals surface area (Å²) >= 11 is 0. The Hall–Kier alpha value is -1.73. The largest absolute Gasteiger partial charge is 0.478 e. The lowest BCUT2D eigenvalue weighted by atomic mass is 10.1. The molecule has 21 heavy (non-hydrogen) atoms. The number of hydrogen-bond donors (Lipinski definition) is 3. The standard InChI is InChI=1S/C14H18F2N2O3/c15-12-10(14(20)21)3-4-11(13(12)16)18(6-7-19)8-9-2-1-5-17-9/h3-4,9,17,19H,1-2,5-8H2,(H,20,21). The van der Waals surface area contributed by atoms with Gasteiger partial charge in [0.05, 0.1) is 17.9 Å². The number of aromatic carboxylic acids is 1. The molecule has 7 heteroatoms. The molecule has 0 spiro atoms. The van der Waals surface area contributed by atoms with Gasteiger partial charge in [-0.15, -0.1) is 0 Å². The lowest BCUT2D eigenvalue weighted by Gasteiger charge is -2.27. The van der Waals surface area contributed by atoms with Crippen molar-refractivity contribution >= 4 is 11.7 Å². The van der Waals surface area contributed by atoms with Gasteiger partial charge in [0, 0.05) is 19.1 Å². The third-order valence-corrected chi connectivity index (χ3v) is 3.61. The van der Waals surface area contributed by atoms with E-state index < -0.39 is 23.2 Å². The van der Waals surface area contributed by atoms with E-state index in [9.17, 15) is 13.6 Å². The maximum absolute atomic E-state index is 14.1. The van der Waals surface area contributed by atoms with Gasteiger partial charge in [-0.2, -0.15) is 0 Å². The molecule has 116 valence electrons. The number of benzene rings is 1. The highest BCUT2D eigenvalue weighted by Crippen LogP contribution is 2.25. The van der Waals surface area contributed by atoms with Gasteiger partial charge in [-0.25, -0.2) is 13.6 Å². The summed E-state index contributed by atoms with van der Waals surface area (Å²) in [6.45, 7) is 1.27. The number of carbonyl (C=O) groups is 1.